The molecular weight excluding hydrogens is 122 g/mol. The van der Waals surface area contributed by atoms with Crippen LogP contribution in [0.15, 0.2) is 42.4 Å². The minimum atomic E-state index is 0.935. The number of rotatable bonds is 0. The molecule has 0 saturated carbocycles. The van der Waals surface area contributed by atoms with Crippen LogP contribution in [0, 0.1) is 6.08 Å². The maximum Gasteiger partial charge on any atom is 0.0412 e. The molecule has 10 heavy (non-hydrogen) atoms. The molecule has 0 spiro atoms. The van der Waals surface area contributed by atoms with Gasteiger partial charge in [0, 0.05) is 18.1 Å². The molecule has 0 N–H and O–H groups in total. The van der Waals surface area contributed by atoms with Gasteiger partial charge in [0.1, 0.15) is 0 Å². The molecule has 1 radical (unpaired) electrons. The molecule has 0 aromatic carbocycles. The van der Waals surface area contributed by atoms with Crippen molar-refractivity contribution >= 4 is 0 Å². The van der Waals surface area contributed by atoms with Gasteiger partial charge in [-0.3, -0.25) is 0 Å². The van der Waals surface area contributed by atoms with Crippen molar-refractivity contribution in [2.75, 3.05) is 0 Å². The predicted molar refractivity (Wildman–Crippen MR) is 40.6 cm³/mol. The van der Waals surface area contributed by atoms with Gasteiger partial charge >= 0.3 is 0 Å². The van der Waals surface area contributed by atoms with E-state index in [4.69, 9.17) is 0 Å². The van der Waals surface area contributed by atoms with Gasteiger partial charge in [-0.25, -0.2) is 0 Å². The maximum atomic E-state index is 3.12. The van der Waals surface area contributed by atoms with E-state index in [0.717, 1.165) is 6.42 Å². The van der Waals surface area contributed by atoms with Gasteiger partial charge in [0.2, 0.25) is 0 Å². The van der Waals surface area contributed by atoms with E-state index in [0.29, 0.717) is 0 Å². The van der Waals surface area contributed by atoms with Gasteiger partial charge < -0.3 is 4.90 Å². The fraction of sp³-hybridized carbons (Fsp3) is 0.111. The zero-order valence-corrected chi connectivity index (χ0v) is 5.62. The van der Waals surface area contributed by atoms with E-state index in [1.165, 1.54) is 5.70 Å². The van der Waals surface area contributed by atoms with Crippen molar-refractivity contribution in [1.29, 1.82) is 0 Å². The Bertz CT molecular complexity index is 243. The molecule has 0 unspecified atom stereocenters. The average Bonchev–Trinajstić information content (AvgIpc) is 2.05. The highest BCUT2D eigenvalue weighted by Gasteiger charge is 2.04. The van der Waals surface area contributed by atoms with E-state index in [-0.39, 0.29) is 0 Å². The summed E-state index contributed by atoms with van der Waals surface area (Å²) in [5, 5.41) is 0. The topological polar surface area (TPSA) is 3.24 Å². The Morgan fingerprint density at radius 2 is 2.40 bits per heavy atom. The van der Waals surface area contributed by atoms with E-state index in [1.54, 1.807) is 0 Å². The minimum Gasteiger partial charge on any atom is -0.324 e. The van der Waals surface area contributed by atoms with Crippen molar-refractivity contribution in [2.24, 2.45) is 0 Å². The Kier molecular flexibility index (Phi) is 1.21. The SMILES string of the molecule is [C]1=CN2C=CC=CC2=CC1. The first-order chi connectivity index (χ1) is 4.97. The first-order valence-electron chi connectivity index (χ1n) is 3.37. The summed E-state index contributed by atoms with van der Waals surface area (Å²) in [6, 6.07) is 0. The quantitative estimate of drug-likeness (QED) is 0.484. The Labute approximate surface area is 60.6 Å². The zero-order valence-electron chi connectivity index (χ0n) is 5.62. The van der Waals surface area contributed by atoms with Gasteiger partial charge in [0.25, 0.3) is 0 Å². The molecule has 2 rings (SSSR count). The lowest BCUT2D eigenvalue weighted by Crippen LogP contribution is -2.11. The molecule has 0 saturated heterocycles. The largest absolute Gasteiger partial charge is 0.324 e. The number of hydrogen-bond acceptors (Lipinski definition) is 1. The molecule has 2 aliphatic heterocycles. The van der Waals surface area contributed by atoms with E-state index >= 15 is 0 Å². The van der Waals surface area contributed by atoms with E-state index in [2.05, 4.69) is 23.1 Å². The highest BCUT2D eigenvalue weighted by Crippen LogP contribution is 2.16. The first-order valence-corrected chi connectivity index (χ1v) is 3.37. The first kappa shape index (κ1) is 5.54. The fourth-order valence-electron chi connectivity index (χ4n) is 1.07. The molecule has 0 aliphatic carbocycles. The van der Waals surface area contributed by atoms with Crippen molar-refractivity contribution in [3.8, 4) is 0 Å². The zero-order chi connectivity index (χ0) is 6.81. The van der Waals surface area contributed by atoms with E-state index in [1.807, 2.05) is 24.6 Å². The molecule has 2 aliphatic rings. The number of hydrogen-bond donors (Lipinski definition) is 0. The molecule has 0 atom stereocenters. The summed E-state index contributed by atoms with van der Waals surface area (Å²) in [6.45, 7) is 0. The second-order valence-electron chi connectivity index (χ2n) is 2.27. The highest BCUT2D eigenvalue weighted by molar-refractivity contribution is 5.31. The van der Waals surface area contributed by atoms with Crippen molar-refractivity contribution in [2.45, 2.75) is 6.42 Å². The molecule has 0 bridgehead atoms. The summed E-state index contributed by atoms with van der Waals surface area (Å²) in [7, 11) is 0. The summed E-state index contributed by atoms with van der Waals surface area (Å²) >= 11 is 0. The summed E-state index contributed by atoms with van der Waals surface area (Å²) in [6.07, 6.45) is 16.4. The lowest BCUT2D eigenvalue weighted by Gasteiger charge is -2.21. The van der Waals surface area contributed by atoms with Gasteiger partial charge in [-0.1, -0.05) is 12.2 Å². The van der Waals surface area contributed by atoms with Crippen LogP contribution in [0.1, 0.15) is 6.42 Å². The molecule has 0 fully saturated rings. The molecule has 0 aromatic rings. The van der Waals surface area contributed by atoms with Gasteiger partial charge in [-0.15, -0.1) is 0 Å². The van der Waals surface area contributed by atoms with Crippen LogP contribution in [0.4, 0.5) is 0 Å². The molecular formula is C9H8N. The third kappa shape index (κ3) is 0.798. The van der Waals surface area contributed by atoms with Gasteiger partial charge in [0.15, 0.2) is 0 Å². The van der Waals surface area contributed by atoms with Gasteiger partial charge in [-0.2, -0.15) is 0 Å². The molecule has 0 amide bonds. The predicted octanol–water partition coefficient (Wildman–Crippen LogP) is 1.98. The summed E-state index contributed by atoms with van der Waals surface area (Å²) in [4.78, 5) is 2.06. The summed E-state index contributed by atoms with van der Waals surface area (Å²) in [5.41, 5.74) is 1.25. The molecule has 0 aromatic heterocycles. The molecule has 1 nitrogen and oxygen atoms in total. The van der Waals surface area contributed by atoms with E-state index < -0.39 is 0 Å². The van der Waals surface area contributed by atoms with Crippen LogP contribution in [0.25, 0.3) is 0 Å². The van der Waals surface area contributed by atoms with Crippen LogP contribution >= 0.6 is 0 Å². The number of nitrogens with zero attached hydrogens (tertiary/aromatic N) is 1. The molecule has 2 heterocycles. The smallest absolute Gasteiger partial charge is 0.0412 e. The molecule has 49 valence electrons. The Morgan fingerprint density at radius 3 is 3.30 bits per heavy atom. The summed E-state index contributed by atoms with van der Waals surface area (Å²) < 4.78 is 0. The second kappa shape index (κ2) is 2.18. The van der Waals surface area contributed by atoms with Crippen molar-refractivity contribution < 1.29 is 0 Å². The monoisotopic (exact) mass is 130 g/mol. The number of allylic oxidation sites excluding steroid dienone is 5. The van der Waals surface area contributed by atoms with Crippen LogP contribution in [0.2, 0.25) is 0 Å². The Hall–Kier alpha value is -1.24. The van der Waals surface area contributed by atoms with Crippen LogP contribution in [-0.2, 0) is 0 Å². The number of fused-ring (bicyclic) bond motifs is 1. The Balaban J connectivity index is 2.33. The highest BCUT2D eigenvalue weighted by atomic mass is 15.1. The van der Waals surface area contributed by atoms with Crippen LogP contribution in [-0.4, -0.2) is 4.90 Å². The minimum absolute atomic E-state index is 0.935. The third-order valence-electron chi connectivity index (χ3n) is 1.58. The fourth-order valence-corrected chi connectivity index (χ4v) is 1.07. The summed E-state index contributed by atoms with van der Waals surface area (Å²) in [5.74, 6) is 0. The lowest BCUT2D eigenvalue weighted by molar-refractivity contribution is 0.625. The molecule has 1 heteroatoms. The van der Waals surface area contributed by atoms with Crippen LogP contribution < -0.4 is 0 Å². The van der Waals surface area contributed by atoms with E-state index in [9.17, 15) is 0 Å². The van der Waals surface area contributed by atoms with Gasteiger partial charge in [0.05, 0.1) is 0 Å². The maximum absolute atomic E-state index is 3.12. The average molecular weight is 130 g/mol. The third-order valence-corrected chi connectivity index (χ3v) is 1.58. The van der Waals surface area contributed by atoms with Gasteiger partial charge in [-0.05, 0) is 24.6 Å². The van der Waals surface area contributed by atoms with Crippen LogP contribution in [0.5, 0.6) is 0 Å². The Morgan fingerprint density at radius 1 is 1.40 bits per heavy atom. The lowest BCUT2D eigenvalue weighted by atomic mass is 10.2. The normalized spacial score (nSPS) is 20.8. The van der Waals surface area contributed by atoms with Crippen molar-refractivity contribution in [1.82, 2.24) is 4.90 Å². The van der Waals surface area contributed by atoms with Crippen molar-refractivity contribution in [3.63, 3.8) is 0 Å². The van der Waals surface area contributed by atoms with Crippen molar-refractivity contribution in [3.05, 3.63) is 48.5 Å². The van der Waals surface area contributed by atoms with Crippen LogP contribution in [0.3, 0.4) is 0 Å². The standard InChI is InChI=1S/C9H8N/c1-3-7-10-8-4-2-6-9(10)5-1/h1,3,5-8H,2H2. The second-order valence-corrected chi connectivity index (χ2v) is 2.27.